The molecule has 2 unspecified atom stereocenters. The first-order chi connectivity index (χ1) is 22.6. The van der Waals surface area contributed by atoms with Crippen molar-refractivity contribution < 1.29 is 18.7 Å². The molecule has 0 N–H and O–H groups in total. The molecule has 1 amide bonds. The molecule has 1 aliphatic carbocycles. The number of alkyl halides is 1. The molecule has 1 aromatic carbocycles. The molecule has 2 aromatic heterocycles. The van der Waals surface area contributed by atoms with E-state index in [1.165, 1.54) is 11.1 Å². The van der Waals surface area contributed by atoms with E-state index in [0.29, 0.717) is 63.3 Å². The van der Waals surface area contributed by atoms with E-state index in [1.54, 1.807) is 19.0 Å². The van der Waals surface area contributed by atoms with E-state index in [-0.39, 0.29) is 11.4 Å². The molecule has 3 aromatic rings. The van der Waals surface area contributed by atoms with Crippen molar-refractivity contribution in [3.8, 4) is 6.01 Å². The monoisotopic (exact) mass is 707 g/mol. The number of fused-ring (bicyclic) bond motifs is 5. The maximum Gasteiger partial charge on any atom is 0.318 e. The number of hydrogen-bond acceptors (Lipinski definition) is 8. The summed E-state index contributed by atoms with van der Waals surface area (Å²) in [4.78, 5) is 29.0. The molecular formula is C35H43BrFN7O3. The van der Waals surface area contributed by atoms with Gasteiger partial charge in [0.2, 0.25) is 0 Å². The van der Waals surface area contributed by atoms with E-state index in [1.807, 2.05) is 10.7 Å². The maximum atomic E-state index is 14.6. The zero-order valence-electron chi connectivity index (χ0n) is 27.5. The van der Waals surface area contributed by atoms with Crippen molar-refractivity contribution in [1.82, 2.24) is 29.5 Å². The molecule has 0 bridgehead atoms. The van der Waals surface area contributed by atoms with Gasteiger partial charge in [0.25, 0.3) is 5.91 Å². The number of halogens is 2. The largest absolute Gasteiger partial charge is 0.461 e. The lowest BCUT2D eigenvalue weighted by atomic mass is 9.69. The number of carbonyl (C=O) groups excluding carboxylic acids is 1. The minimum absolute atomic E-state index is 0.109. The fraction of sp³-hybridized carbons (Fsp3) is 0.600. The minimum atomic E-state index is -0.825. The molecule has 2 saturated heterocycles. The highest BCUT2D eigenvalue weighted by molar-refractivity contribution is 9.10. The summed E-state index contributed by atoms with van der Waals surface area (Å²) in [7, 11) is 3.49. The van der Waals surface area contributed by atoms with Gasteiger partial charge in [-0.15, -0.1) is 0 Å². The number of benzene rings is 1. The number of ether oxygens (including phenoxy) is 2. The molecule has 47 heavy (non-hydrogen) atoms. The second-order valence-electron chi connectivity index (χ2n) is 14.4. The van der Waals surface area contributed by atoms with Gasteiger partial charge >= 0.3 is 6.01 Å². The molecule has 6 heterocycles. The number of amides is 1. The Morgan fingerprint density at radius 3 is 2.91 bits per heavy atom. The lowest BCUT2D eigenvalue weighted by molar-refractivity contribution is -0.117. The normalized spacial score (nSPS) is 28.4. The van der Waals surface area contributed by atoms with Gasteiger partial charge in [-0.25, -0.2) is 4.39 Å². The number of aromatic nitrogens is 4. The summed E-state index contributed by atoms with van der Waals surface area (Å²) in [5.74, 6) is 0.997. The molecule has 10 nitrogen and oxygen atoms in total. The summed E-state index contributed by atoms with van der Waals surface area (Å²) in [5, 5.41) is 4.65. The number of rotatable bonds is 5. The smallest absolute Gasteiger partial charge is 0.318 e. The van der Waals surface area contributed by atoms with E-state index >= 15 is 0 Å². The number of hydrogen-bond donors (Lipinski definition) is 0. The average molecular weight is 709 g/mol. The first-order valence-corrected chi connectivity index (χ1v) is 17.8. The zero-order valence-corrected chi connectivity index (χ0v) is 29.1. The third kappa shape index (κ3) is 5.35. The van der Waals surface area contributed by atoms with E-state index in [4.69, 9.17) is 19.4 Å². The molecule has 5 aliphatic rings. The van der Waals surface area contributed by atoms with Crippen LogP contribution < -0.4 is 9.64 Å². The van der Waals surface area contributed by atoms with E-state index in [2.05, 4.69) is 56.0 Å². The average Bonchev–Trinajstić information content (AvgIpc) is 3.68. The molecule has 0 radical (unpaired) electrons. The van der Waals surface area contributed by atoms with Gasteiger partial charge in [-0.2, -0.15) is 15.1 Å². The summed E-state index contributed by atoms with van der Waals surface area (Å²) in [6, 6.07) is 8.80. The van der Waals surface area contributed by atoms with Crippen molar-refractivity contribution >= 4 is 27.7 Å². The van der Waals surface area contributed by atoms with Crippen LogP contribution in [-0.2, 0) is 42.9 Å². The van der Waals surface area contributed by atoms with Crippen LogP contribution in [0.1, 0.15) is 77.6 Å². The summed E-state index contributed by atoms with van der Waals surface area (Å²) >= 11 is 3.72. The number of anilines is 1. The van der Waals surface area contributed by atoms with Crippen LogP contribution in [0.15, 0.2) is 28.7 Å². The summed E-state index contributed by atoms with van der Waals surface area (Å²) in [5.41, 5.74) is 5.12. The molecule has 8 rings (SSSR count). The van der Waals surface area contributed by atoms with Crippen molar-refractivity contribution in [3.63, 3.8) is 0 Å². The Bertz CT molecular complexity index is 1720. The highest BCUT2D eigenvalue weighted by Crippen LogP contribution is 2.50. The Labute approximate surface area is 283 Å². The van der Waals surface area contributed by atoms with Crippen LogP contribution >= 0.6 is 15.9 Å². The number of aryl methyl sites for hydroxylation is 2. The second kappa shape index (κ2) is 11.8. The quantitative estimate of drug-likeness (QED) is 0.364. The van der Waals surface area contributed by atoms with Crippen LogP contribution in [0.25, 0.3) is 0 Å². The Kier molecular flexibility index (Phi) is 7.83. The van der Waals surface area contributed by atoms with Gasteiger partial charge in [-0.1, -0.05) is 28.9 Å². The SMILES string of the molecule is CC1CCc2ccc(Br)cc2C12Cc1nc(OC[C@@]34CCCN3C[C@H](F)C4)nc(N3CCCn4nc(C(=O)N(C)C)cc4C3)c1CO2. The highest BCUT2D eigenvalue weighted by atomic mass is 79.9. The zero-order chi connectivity index (χ0) is 32.5. The molecule has 250 valence electrons. The third-order valence-corrected chi connectivity index (χ3v) is 11.8. The molecular weight excluding hydrogens is 665 g/mol. The predicted molar refractivity (Wildman–Crippen MR) is 178 cm³/mol. The topological polar surface area (TPSA) is 88.8 Å². The molecule has 1 spiro atoms. The van der Waals surface area contributed by atoms with Crippen LogP contribution in [-0.4, -0.2) is 87.5 Å². The molecule has 2 fully saturated rings. The van der Waals surface area contributed by atoms with Gasteiger partial charge in [0, 0.05) is 56.6 Å². The lowest BCUT2D eigenvalue weighted by Crippen LogP contribution is -2.46. The van der Waals surface area contributed by atoms with Gasteiger partial charge in [0.05, 0.1) is 30.1 Å². The van der Waals surface area contributed by atoms with E-state index < -0.39 is 11.8 Å². The Morgan fingerprint density at radius 2 is 2.06 bits per heavy atom. The van der Waals surface area contributed by atoms with Gasteiger partial charge in [0.1, 0.15) is 24.2 Å². The highest BCUT2D eigenvalue weighted by Gasteiger charge is 2.50. The van der Waals surface area contributed by atoms with Crippen molar-refractivity contribution in [2.75, 3.05) is 45.2 Å². The molecule has 4 aliphatic heterocycles. The maximum absolute atomic E-state index is 14.6. The standard InChI is InChI=1S/C35H43BrFN7O3/c1-22-6-7-23-8-9-24(36)14-28(23)35(22)17-30-27(20-47-35)31(39-33(38-30)46-21-34-10-4-12-43(34)18-25(37)16-34)42-11-5-13-44-26(19-42)15-29(40-44)32(45)41(2)3/h8-9,14-15,22,25H,4-7,10-13,16-21H2,1-3H3/t22?,25-,34+,35?/m1/s1. The fourth-order valence-corrected chi connectivity index (χ4v) is 9.12. The van der Waals surface area contributed by atoms with E-state index in [0.717, 1.165) is 72.4 Å². The molecule has 12 heteroatoms. The van der Waals surface area contributed by atoms with Gasteiger partial charge in [0.15, 0.2) is 5.69 Å². The van der Waals surface area contributed by atoms with Gasteiger partial charge < -0.3 is 19.3 Å². The molecule has 4 atom stereocenters. The second-order valence-corrected chi connectivity index (χ2v) is 15.3. The Hall–Kier alpha value is -3.09. The van der Waals surface area contributed by atoms with Crippen molar-refractivity contribution in [3.05, 3.63) is 62.5 Å². The van der Waals surface area contributed by atoms with Crippen LogP contribution in [0.2, 0.25) is 0 Å². The van der Waals surface area contributed by atoms with Crippen LogP contribution in [0, 0.1) is 5.92 Å². The van der Waals surface area contributed by atoms with Crippen molar-refractivity contribution in [2.45, 2.75) is 88.9 Å². The first kappa shape index (κ1) is 31.2. The summed E-state index contributed by atoms with van der Waals surface area (Å²) in [6.45, 7) is 6.48. The predicted octanol–water partition coefficient (Wildman–Crippen LogP) is 5.05. The van der Waals surface area contributed by atoms with Crippen LogP contribution in [0.3, 0.4) is 0 Å². The Balaban J connectivity index is 1.17. The third-order valence-electron chi connectivity index (χ3n) is 11.3. The van der Waals surface area contributed by atoms with Crippen LogP contribution in [0.4, 0.5) is 10.2 Å². The first-order valence-electron chi connectivity index (χ1n) is 17.0. The van der Waals surface area contributed by atoms with Gasteiger partial charge in [-0.05, 0) is 73.9 Å². The molecule has 0 saturated carbocycles. The number of nitrogens with zero attached hydrogens (tertiary/aromatic N) is 7. The van der Waals surface area contributed by atoms with Crippen LogP contribution in [0.5, 0.6) is 6.01 Å². The minimum Gasteiger partial charge on any atom is -0.461 e. The van der Waals surface area contributed by atoms with E-state index in [9.17, 15) is 9.18 Å². The fourth-order valence-electron chi connectivity index (χ4n) is 8.76. The number of carbonyl (C=O) groups is 1. The van der Waals surface area contributed by atoms with Crippen molar-refractivity contribution in [1.29, 1.82) is 0 Å². The summed E-state index contributed by atoms with van der Waals surface area (Å²) in [6.07, 6.45) is 5.18. The Morgan fingerprint density at radius 1 is 1.19 bits per heavy atom. The summed E-state index contributed by atoms with van der Waals surface area (Å²) < 4.78 is 31.1. The van der Waals surface area contributed by atoms with Gasteiger partial charge in [-0.3, -0.25) is 14.4 Å². The van der Waals surface area contributed by atoms with Crippen molar-refractivity contribution in [2.24, 2.45) is 5.92 Å². The lowest BCUT2D eigenvalue weighted by Gasteiger charge is -2.47.